The molecule has 0 heterocycles. The Morgan fingerprint density at radius 3 is 1.15 bits per heavy atom. The largest absolute Gasteiger partial charge is 0.378 e. The van der Waals surface area contributed by atoms with Crippen molar-refractivity contribution in [2.45, 2.75) is 37.8 Å². The molecule has 0 fully saturated rings. The van der Waals surface area contributed by atoms with Gasteiger partial charge in [0.1, 0.15) is 0 Å². The Kier molecular flexibility index (Phi) is 10.1. The molecule has 39 heavy (non-hydrogen) atoms. The molecule has 3 nitrogen and oxygen atoms in total. The number of ether oxygens (including phenoxy) is 1. The zero-order valence-corrected chi connectivity index (χ0v) is 24.4. The van der Waals surface area contributed by atoms with Crippen LogP contribution in [0.1, 0.15) is 45.2 Å². The highest BCUT2D eigenvalue weighted by Gasteiger charge is 2.31. The third kappa shape index (κ3) is 7.05. The molecule has 4 unspecified atom stereocenters. The van der Waals surface area contributed by atoms with E-state index in [0.717, 1.165) is 0 Å². The van der Waals surface area contributed by atoms with Gasteiger partial charge < -0.3 is 14.5 Å². The van der Waals surface area contributed by atoms with E-state index in [0.29, 0.717) is 13.2 Å². The van der Waals surface area contributed by atoms with Gasteiger partial charge in [-0.25, -0.2) is 0 Å². The number of nitrogens with zero attached hydrogens (tertiary/aromatic N) is 2. The van der Waals surface area contributed by atoms with Crippen molar-refractivity contribution in [1.29, 1.82) is 0 Å². The Bertz CT molecular complexity index is 1180. The maximum absolute atomic E-state index is 6.72. The van der Waals surface area contributed by atoms with Gasteiger partial charge in [0.2, 0.25) is 0 Å². The summed E-state index contributed by atoms with van der Waals surface area (Å²) < 4.78 is 6.72. The summed E-state index contributed by atoms with van der Waals surface area (Å²) in [4.78, 5) is 4.65. The monoisotopic (exact) mass is 520 g/mol. The molecule has 0 N–H and O–H groups in total. The molecule has 0 bridgehead atoms. The molecule has 0 aliphatic heterocycles. The first-order valence-electron chi connectivity index (χ1n) is 14.0. The number of hydrogen-bond donors (Lipinski definition) is 0. The molecule has 0 aromatic heterocycles. The van der Waals surface area contributed by atoms with Crippen molar-refractivity contribution < 1.29 is 4.74 Å². The van der Waals surface area contributed by atoms with Gasteiger partial charge in [-0.3, -0.25) is 0 Å². The Hall–Kier alpha value is -3.24. The third-order valence-corrected chi connectivity index (χ3v) is 8.04. The van der Waals surface area contributed by atoms with Crippen molar-refractivity contribution in [3.05, 3.63) is 143 Å². The fraction of sp³-hybridized carbons (Fsp3) is 0.333. The van der Waals surface area contributed by atoms with Crippen molar-refractivity contribution >= 4 is 0 Å². The lowest BCUT2D eigenvalue weighted by Gasteiger charge is -2.37. The van der Waals surface area contributed by atoms with Gasteiger partial charge in [0.05, 0.1) is 13.2 Å². The highest BCUT2D eigenvalue weighted by molar-refractivity contribution is 5.40. The van der Waals surface area contributed by atoms with Crippen LogP contribution in [-0.2, 0) is 4.74 Å². The van der Waals surface area contributed by atoms with E-state index in [9.17, 15) is 0 Å². The van der Waals surface area contributed by atoms with Gasteiger partial charge in [-0.2, -0.15) is 0 Å². The normalized spacial score (nSPS) is 14.8. The zero-order chi connectivity index (χ0) is 27.8. The van der Waals surface area contributed by atoms with Crippen LogP contribution in [0.5, 0.6) is 0 Å². The van der Waals surface area contributed by atoms with Gasteiger partial charge in [-0.15, -0.1) is 0 Å². The lowest BCUT2D eigenvalue weighted by atomic mass is 9.82. The molecule has 204 valence electrons. The summed E-state index contributed by atoms with van der Waals surface area (Å²) in [6.45, 7) is 5.71. The Labute approximate surface area is 236 Å². The van der Waals surface area contributed by atoms with Crippen LogP contribution in [0.4, 0.5) is 0 Å². The molecule has 0 aliphatic carbocycles. The van der Waals surface area contributed by atoms with E-state index in [2.05, 4.69) is 161 Å². The topological polar surface area (TPSA) is 15.7 Å². The molecule has 0 spiro atoms. The van der Waals surface area contributed by atoms with Gasteiger partial charge in [0, 0.05) is 23.9 Å². The van der Waals surface area contributed by atoms with Crippen LogP contribution in [0.2, 0.25) is 0 Å². The van der Waals surface area contributed by atoms with Gasteiger partial charge in [-0.1, -0.05) is 109 Å². The lowest BCUT2D eigenvalue weighted by molar-refractivity contribution is 0.0360. The van der Waals surface area contributed by atoms with E-state index in [4.69, 9.17) is 4.74 Å². The third-order valence-electron chi connectivity index (χ3n) is 8.04. The minimum atomic E-state index is 0.185. The number of rotatable bonds is 12. The predicted octanol–water partition coefficient (Wildman–Crippen LogP) is 7.14. The first kappa shape index (κ1) is 28.8. The summed E-state index contributed by atoms with van der Waals surface area (Å²) in [5.74, 6) is 0.419. The van der Waals surface area contributed by atoms with Crippen molar-refractivity contribution in [1.82, 2.24) is 9.80 Å². The highest BCUT2D eigenvalue weighted by Crippen LogP contribution is 2.34. The molecule has 4 rings (SSSR count). The van der Waals surface area contributed by atoms with Gasteiger partial charge >= 0.3 is 0 Å². The molecule has 4 aromatic carbocycles. The smallest absolute Gasteiger partial charge is 0.0631 e. The second-order valence-corrected chi connectivity index (χ2v) is 11.1. The van der Waals surface area contributed by atoms with Crippen LogP contribution in [0, 0.1) is 13.8 Å². The minimum absolute atomic E-state index is 0.185. The van der Waals surface area contributed by atoms with E-state index < -0.39 is 0 Å². The lowest BCUT2D eigenvalue weighted by Crippen LogP contribution is -2.42. The first-order valence-corrected chi connectivity index (χ1v) is 14.0. The van der Waals surface area contributed by atoms with Crippen LogP contribution in [-0.4, -0.2) is 63.3 Å². The average Bonchev–Trinajstić information content (AvgIpc) is 2.94. The Morgan fingerprint density at radius 1 is 0.487 bits per heavy atom. The Balaban J connectivity index is 1.63. The average molecular weight is 521 g/mol. The quantitative estimate of drug-likeness (QED) is 0.197. The van der Waals surface area contributed by atoms with Crippen molar-refractivity contribution in [2.24, 2.45) is 0 Å². The summed E-state index contributed by atoms with van der Waals surface area (Å²) in [6.07, 6.45) is 0. The zero-order valence-electron chi connectivity index (χ0n) is 24.4. The fourth-order valence-electron chi connectivity index (χ4n) is 5.81. The van der Waals surface area contributed by atoms with Gasteiger partial charge in [0.25, 0.3) is 0 Å². The van der Waals surface area contributed by atoms with E-state index >= 15 is 0 Å². The molecular formula is C36H44N2O. The molecule has 0 amide bonds. The summed E-state index contributed by atoms with van der Waals surface area (Å²) in [7, 11) is 8.69. The summed E-state index contributed by atoms with van der Waals surface area (Å²) in [5, 5.41) is 0. The number of hydrogen-bond acceptors (Lipinski definition) is 3. The second-order valence-electron chi connectivity index (χ2n) is 11.1. The Morgan fingerprint density at radius 2 is 0.821 bits per heavy atom. The van der Waals surface area contributed by atoms with E-state index in [-0.39, 0.29) is 23.9 Å². The SMILES string of the molecule is Cc1ccccc1C(c1ccccc1)C(COCC(C(c1ccccc1)c1ccccc1C)N(C)C)N(C)C. The molecule has 0 aliphatic rings. The number of likely N-dealkylation sites (N-methyl/N-ethyl adjacent to an activating group) is 2. The molecule has 0 radical (unpaired) electrons. The maximum Gasteiger partial charge on any atom is 0.0631 e. The van der Waals surface area contributed by atoms with Gasteiger partial charge in [0.15, 0.2) is 0 Å². The van der Waals surface area contributed by atoms with Crippen LogP contribution in [0.15, 0.2) is 109 Å². The molecule has 3 heteroatoms. The van der Waals surface area contributed by atoms with E-state index in [1.54, 1.807) is 0 Å². The van der Waals surface area contributed by atoms with Crippen LogP contribution >= 0.6 is 0 Å². The summed E-state index contributed by atoms with van der Waals surface area (Å²) in [5.41, 5.74) is 7.98. The molecule has 0 saturated heterocycles. The van der Waals surface area contributed by atoms with Crippen molar-refractivity contribution in [3.63, 3.8) is 0 Å². The summed E-state index contributed by atoms with van der Waals surface area (Å²) >= 11 is 0. The predicted molar refractivity (Wildman–Crippen MR) is 165 cm³/mol. The number of aryl methyl sites for hydroxylation is 2. The number of benzene rings is 4. The van der Waals surface area contributed by atoms with Crippen LogP contribution in [0.3, 0.4) is 0 Å². The van der Waals surface area contributed by atoms with E-state index in [1.807, 2.05) is 0 Å². The fourth-order valence-corrected chi connectivity index (χ4v) is 5.81. The second kappa shape index (κ2) is 13.7. The molecular weight excluding hydrogens is 476 g/mol. The van der Waals surface area contributed by atoms with Gasteiger partial charge in [-0.05, 0) is 75.4 Å². The summed E-state index contributed by atoms with van der Waals surface area (Å²) in [6, 6.07) is 39.7. The van der Waals surface area contributed by atoms with Crippen LogP contribution < -0.4 is 0 Å². The molecule has 4 atom stereocenters. The molecule has 4 aromatic rings. The standard InChI is InChI=1S/C36H44N2O/c1-27-17-13-15-23-31(27)35(29-19-9-7-10-20-29)33(37(3)4)25-39-26-34(38(5)6)36(30-21-11-8-12-22-30)32-24-16-14-18-28(32)2/h7-24,33-36H,25-26H2,1-6H3. The van der Waals surface area contributed by atoms with Crippen molar-refractivity contribution in [2.75, 3.05) is 41.4 Å². The minimum Gasteiger partial charge on any atom is -0.378 e. The first-order chi connectivity index (χ1) is 18.9. The molecule has 0 saturated carbocycles. The highest BCUT2D eigenvalue weighted by atomic mass is 16.5. The van der Waals surface area contributed by atoms with E-state index in [1.165, 1.54) is 33.4 Å². The van der Waals surface area contributed by atoms with Crippen LogP contribution in [0.25, 0.3) is 0 Å². The van der Waals surface area contributed by atoms with Crippen molar-refractivity contribution in [3.8, 4) is 0 Å². The maximum atomic E-state index is 6.72.